The summed E-state index contributed by atoms with van der Waals surface area (Å²) in [6.45, 7) is 3.62. The Balaban J connectivity index is 2.61. The quantitative estimate of drug-likeness (QED) is 0.785. The first kappa shape index (κ1) is 11.4. The van der Waals surface area contributed by atoms with Crippen molar-refractivity contribution < 1.29 is 9.53 Å². The number of hydrogen-bond donors (Lipinski definition) is 1. The highest BCUT2D eigenvalue weighted by Gasteiger charge is 2.21. The summed E-state index contributed by atoms with van der Waals surface area (Å²) in [7, 11) is 1.34. The van der Waals surface area contributed by atoms with Gasteiger partial charge in [0.15, 0.2) is 5.65 Å². The summed E-state index contributed by atoms with van der Waals surface area (Å²) in [5.74, 6) is -0.116. The fraction of sp³-hybridized carbons (Fsp3) is 0.364. The largest absolute Gasteiger partial charge is 0.467 e. The lowest BCUT2D eigenvalue weighted by atomic mass is 10.3. The number of ether oxygens (including phenoxy) is 1. The molecule has 0 radical (unpaired) electrons. The van der Waals surface area contributed by atoms with Gasteiger partial charge in [-0.15, -0.1) is 0 Å². The van der Waals surface area contributed by atoms with Gasteiger partial charge in [-0.3, -0.25) is 4.57 Å². The summed E-state index contributed by atoms with van der Waals surface area (Å²) in [6, 6.07) is 1.33. The number of fused-ring (bicyclic) bond motifs is 1. The average molecular weight is 234 g/mol. The number of aryl methyl sites for hydroxylation is 1. The standard InChI is InChI=1S/C11H14N4O2/c1-6-4-8-9(13-5-6)15(11(12)14-8)7(2)10(16)17-3/h4-5,7H,1-3H3,(H2,12,14). The van der Waals surface area contributed by atoms with Gasteiger partial charge in [0, 0.05) is 6.20 Å². The minimum Gasteiger partial charge on any atom is -0.467 e. The lowest BCUT2D eigenvalue weighted by Crippen LogP contribution is -2.19. The minimum absolute atomic E-state index is 0.260. The number of aromatic nitrogens is 3. The van der Waals surface area contributed by atoms with Crippen molar-refractivity contribution >= 4 is 23.1 Å². The van der Waals surface area contributed by atoms with Crippen LogP contribution in [0.15, 0.2) is 12.3 Å². The molecule has 1 unspecified atom stereocenters. The summed E-state index contributed by atoms with van der Waals surface area (Å²) in [4.78, 5) is 20.0. The second-order valence-electron chi connectivity index (χ2n) is 3.89. The van der Waals surface area contributed by atoms with Crippen molar-refractivity contribution in [2.45, 2.75) is 19.9 Å². The highest BCUT2D eigenvalue weighted by atomic mass is 16.5. The van der Waals surface area contributed by atoms with Crippen molar-refractivity contribution in [3.8, 4) is 0 Å². The summed E-state index contributed by atoms with van der Waals surface area (Å²) in [6.07, 6.45) is 1.71. The van der Waals surface area contributed by atoms with Crippen LogP contribution in [0.2, 0.25) is 0 Å². The van der Waals surface area contributed by atoms with Crippen molar-refractivity contribution in [2.24, 2.45) is 0 Å². The van der Waals surface area contributed by atoms with Crippen molar-refractivity contribution in [1.82, 2.24) is 14.5 Å². The lowest BCUT2D eigenvalue weighted by molar-refractivity contribution is -0.143. The molecule has 17 heavy (non-hydrogen) atoms. The van der Waals surface area contributed by atoms with Crippen LogP contribution in [0.4, 0.5) is 5.95 Å². The zero-order chi connectivity index (χ0) is 12.6. The molecule has 0 fully saturated rings. The van der Waals surface area contributed by atoms with E-state index in [9.17, 15) is 4.79 Å². The Morgan fingerprint density at radius 3 is 2.94 bits per heavy atom. The van der Waals surface area contributed by atoms with Crippen molar-refractivity contribution in [3.63, 3.8) is 0 Å². The van der Waals surface area contributed by atoms with E-state index >= 15 is 0 Å². The van der Waals surface area contributed by atoms with Gasteiger partial charge in [0.2, 0.25) is 5.95 Å². The molecule has 2 aromatic rings. The number of imidazole rings is 1. The third kappa shape index (κ3) is 1.82. The first-order chi connectivity index (χ1) is 8.04. The minimum atomic E-state index is -0.541. The Labute approximate surface area is 98.4 Å². The van der Waals surface area contributed by atoms with Crippen LogP contribution in [0.5, 0.6) is 0 Å². The number of esters is 1. The molecule has 2 heterocycles. The molecule has 0 spiro atoms. The Bertz CT molecular complexity index is 576. The van der Waals surface area contributed by atoms with Gasteiger partial charge < -0.3 is 10.5 Å². The van der Waals surface area contributed by atoms with Gasteiger partial charge in [-0.25, -0.2) is 14.8 Å². The number of pyridine rings is 1. The maximum absolute atomic E-state index is 11.5. The number of nitrogens with zero attached hydrogens (tertiary/aromatic N) is 3. The SMILES string of the molecule is COC(=O)C(C)n1c(N)nc2cc(C)cnc21. The van der Waals surface area contributed by atoms with Crippen LogP contribution in [0.3, 0.4) is 0 Å². The van der Waals surface area contributed by atoms with Crippen LogP contribution in [-0.4, -0.2) is 27.6 Å². The molecule has 0 aromatic carbocycles. The van der Waals surface area contributed by atoms with E-state index in [-0.39, 0.29) is 11.9 Å². The van der Waals surface area contributed by atoms with Crippen LogP contribution >= 0.6 is 0 Å². The molecular formula is C11H14N4O2. The normalized spacial score (nSPS) is 12.6. The summed E-state index contributed by atoms with van der Waals surface area (Å²) in [5, 5.41) is 0. The average Bonchev–Trinajstić information content (AvgIpc) is 2.62. The number of nitrogen functional groups attached to an aromatic ring is 1. The number of carbonyl (C=O) groups excluding carboxylic acids is 1. The molecule has 6 heteroatoms. The number of carbonyl (C=O) groups is 1. The van der Waals surface area contributed by atoms with Crippen molar-refractivity contribution in [2.75, 3.05) is 12.8 Å². The number of methoxy groups -OCH3 is 1. The van der Waals surface area contributed by atoms with E-state index in [4.69, 9.17) is 10.5 Å². The molecule has 0 saturated heterocycles. The van der Waals surface area contributed by atoms with Gasteiger partial charge in [-0.1, -0.05) is 0 Å². The van der Waals surface area contributed by atoms with Gasteiger partial charge in [0.05, 0.1) is 7.11 Å². The van der Waals surface area contributed by atoms with Crippen LogP contribution in [0.25, 0.3) is 11.2 Å². The highest BCUT2D eigenvalue weighted by Crippen LogP contribution is 2.22. The molecule has 6 nitrogen and oxygen atoms in total. The molecule has 2 rings (SSSR count). The molecule has 2 aromatic heterocycles. The second kappa shape index (κ2) is 4.04. The van der Waals surface area contributed by atoms with E-state index in [0.717, 1.165) is 5.56 Å². The molecule has 0 aliphatic heterocycles. The summed E-state index contributed by atoms with van der Waals surface area (Å²) in [5.41, 5.74) is 8.06. The molecule has 0 aliphatic carbocycles. The van der Waals surface area contributed by atoms with Gasteiger partial charge in [-0.05, 0) is 25.5 Å². The van der Waals surface area contributed by atoms with E-state index in [2.05, 4.69) is 9.97 Å². The van der Waals surface area contributed by atoms with Crippen molar-refractivity contribution in [3.05, 3.63) is 17.8 Å². The monoisotopic (exact) mass is 234 g/mol. The van der Waals surface area contributed by atoms with Gasteiger partial charge in [0.25, 0.3) is 0 Å². The maximum Gasteiger partial charge on any atom is 0.328 e. The van der Waals surface area contributed by atoms with Gasteiger partial charge in [-0.2, -0.15) is 0 Å². The zero-order valence-corrected chi connectivity index (χ0v) is 9.97. The zero-order valence-electron chi connectivity index (χ0n) is 9.97. The third-order valence-corrected chi connectivity index (χ3v) is 2.62. The maximum atomic E-state index is 11.5. The lowest BCUT2D eigenvalue weighted by Gasteiger charge is -2.12. The Hall–Kier alpha value is -2.11. The summed E-state index contributed by atoms with van der Waals surface area (Å²) >= 11 is 0. The van der Waals surface area contributed by atoms with E-state index in [1.54, 1.807) is 17.7 Å². The van der Waals surface area contributed by atoms with E-state index in [1.165, 1.54) is 7.11 Å². The molecule has 1 atom stereocenters. The molecular weight excluding hydrogens is 220 g/mol. The predicted octanol–water partition coefficient (Wildman–Crippen LogP) is 1.06. The fourth-order valence-electron chi connectivity index (χ4n) is 1.76. The van der Waals surface area contributed by atoms with Gasteiger partial charge in [0.1, 0.15) is 11.6 Å². The second-order valence-corrected chi connectivity index (χ2v) is 3.89. The van der Waals surface area contributed by atoms with Gasteiger partial charge >= 0.3 is 5.97 Å². The number of nitrogens with two attached hydrogens (primary N) is 1. The van der Waals surface area contributed by atoms with E-state index < -0.39 is 6.04 Å². The number of hydrogen-bond acceptors (Lipinski definition) is 5. The molecule has 90 valence electrons. The summed E-state index contributed by atoms with van der Waals surface area (Å²) < 4.78 is 6.26. The topological polar surface area (TPSA) is 83.0 Å². The van der Waals surface area contributed by atoms with E-state index in [0.29, 0.717) is 11.2 Å². The van der Waals surface area contributed by atoms with E-state index in [1.807, 2.05) is 13.0 Å². The predicted molar refractivity (Wildman–Crippen MR) is 63.4 cm³/mol. The number of anilines is 1. The Morgan fingerprint density at radius 1 is 1.59 bits per heavy atom. The first-order valence-electron chi connectivity index (χ1n) is 5.22. The molecule has 0 bridgehead atoms. The molecule has 0 saturated carbocycles. The Morgan fingerprint density at radius 2 is 2.29 bits per heavy atom. The number of rotatable bonds is 2. The first-order valence-corrected chi connectivity index (χ1v) is 5.22. The third-order valence-electron chi connectivity index (χ3n) is 2.62. The highest BCUT2D eigenvalue weighted by molar-refractivity contribution is 5.80. The van der Waals surface area contributed by atoms with Crippen molar-refractivity contribution in [1.29, 1.82) is 0 Å². The van der Waals surface area contributed by atoms with Crippen LogP contribution in [0.1, 0.15) is 18.5 Å². The Kier molecular flexibility index (Phi) is 2.71. The molecule has 2 N–H and O–H groups in total. The van der Waals surface area contributed by atoms with Crippen LogP contribution in [-0.2, 0) is 9.53 Å². The smallest absolute Gasteiger partial charge is 0.328 e. The molecule has 0 amide bonds. The fourth-order valence-corrected chi connectivity index (χ4v) is 1.76. The van der Waals surface area contributed by atoms with Crippen LogP contribution < -0.4 is 5.73 Å². The van der Waals surface area contributed by atoms with Crippen LogP contribution in [0, 0.1) is 6.92 Å². The molecule has 0 aliphatic rings.